The topological polar surface area (TPSA) is 89.7 Å². The van der Waals surface area contributed by atoms with Crippen molar-refractivity contribution in [3.8, 4) is 5.75 Å². The van der Waals surface area contributed by atoms with Gasteiger partial charge in [0.25, 0.3) is 5.69 Å². The van der Waals surface area contributed by atoms with Crippen LogP contribution in [0.25, 0.3) is 0 Å². The lowest BCUT2D eigenvalue weighted by atomic mass is 10.2. The zero-order valence-electron chi connectivity index (χ0n) is 9.47. The SMILES string of the molecule is O=C(O)CCCCOc1ccc([N+](=O)[O-])c(Cl)c1. The van der Waals surface area contributed by atoms with Gasteiger partial charge in [0.05, 0.1) is 11.5 Å². The molecule has 0 bridgehead atoms. The van der Waals surface area contributed by atoms with Gasteiger partial charge in [-0.25, -0.2) is 0 Å². The molecule has 0 atom stereocenters. The number of nitro benzene ring substituents is 1. The quantitative estimate of drug-likeness (QED) is 0.469. The average Bonchev–Trinajstić information content (AvgIpc) is 2.27. The lowest BCUT2D eigenvalue weighted by molar-refractivity contribution is -0.384. The van der Waals surface area contributed by atoms with Gasteiger partial charge in [-0.3, -0.25) is 14.9 Å². The van der Waals surface area contributed by atoms with Crippen molar-refractivity contribution in [1.29, 1.82) is 0 Å². The summed E-state index contributed by atoms with van der Waals surface area (Å²) in [7, 11) is 0. The fourth-order valence-corrected chi connectivity index (χ4v) is 1.53. The normalized spacial score (nSPS) is 10.1. The number of nitrogens with zero attached hydrogens (tertiary/aromatic N) is 1. The van der Waals surface area contributed by atoms with E-state index >= 15 is 0 Å². The molecule has 0 aliphatic heterocycles. The number of nitro groups is 1. The molecule has 1 aromatic rings. The van der Waals surface area contributed by atoms with Crippen molar-refractivity contribution in [2.45, 2.75) is 19.3 Å². The molecule has 1 N–H and O–H groups in total. The maximum atomic E-state index is 10.5. The van der Waals surface area contributed by atoms with Crippen LogP contribution < -0.4 is 4.74 Å². The van der Waals surface area contributed by atoms with Gasteiger partial charge in [0.15, 0.2) is 0 Å². The molecule has 98 valence electrons. The molecule has 7 heteroatoms. The van der Waals surface area contributed by atoms with Crippen molar-refractivity contribution in [3.05, 3.63) is 33.3 Å². The number of ether oxygens (including phenoxy) is 1. The van der Waals surface area contributed by atoms with E-state index in [4.69, 9.17) is 21.4 Å². The number of carbonyl (C=O) groups is 1. The van der Waals surface area contributed by atoms with Crippen LogP contribution >= 0.6 is 11.6 Å². The summed E-state index contributed by atoms with van der Waals surface area (Å²) in [6.45, 7) is 0.349. The van der Waals surface area contributed by atoms with Crippen molar-refractivity contribution >= 4 is 23.3 Å². The molecule has 0 spiro atoms. The summed E-state index contributed by atoms with van der Waals surface area (Å²) >= 11 is 5.71. The van der Waals surface area contributed by atoms with Crippen LogP contribution in [0.15, 0.2) is 18.2 Å². The van der Waals surface area contributed by atoms with Gasteiger partial charge in [0.1, 0.15) is 10.8 Å². The number of benzene rings is 1. The second-order valence-corrected chi connectivity index (χ2v) is 3.98. The van der Waals surface area contributed by atoms with E-state index in [-0.39, 0.29) is 17.1 Å². The Labute approximate surface area is 108 Å². The van der Waals surface area contributed by atoms with Crippen molar-refractivity contribution in [3.63, 3.8) is 0 Å². The van der Waals surface area contributed by atoms with Crippen molar-refractivity contribution in [2.24, 2.45) is 0 Å². The number of carboxylic acids is 1. The Balaban J connectivity index is 2.42. The number of aliphatic carboxylic acids is 1. The van der Waals surface area contributed by atoms with E-state index in [0.717, 1.165) is 0 Å². The zero-order chi connectivity index (χ0) is 13.5. The molecule has 0 fully saturated rings. The first kappa shape index (κ1) is 14.2. The second-order valence-electron chi connectivity index (χ2n) is 3.57. The van der Waals surface area contributed by atoms with Gasteiger partial charge in [0.2, 0.25) is 0 Å². The molecule has 0 saturated carbocycles. The van der Waals surface area contributed by atoms with Crippen LogP contribution in [0.4, 0.5) is 5.69 Å². The number of hydrogen-bond acceptors (Lipinski definition) is 4. The molecule has 0 unspecified atom stereocenters. The minimum absolute atomic E-state index is 0.0167. The van der Waals surface area contributed by atoms with Crippen LogP contribution in [0.2, 0.25) is 5.02 Å². The van der Waals surface area contributed by atoms with E-state index in [9.17, 15) is 14.9 Å². The van der Waals surface area contributed by atoms with Crippen LogP contribution in [0.1, 0.15) is 19.3 Å². The van der Waals surface area contributed by atoms with E-state index in [1.165, 1.54) is 18.2 Å². The van der Waals surface area contributed by atoms with Crippen LogP contribution in [-0.2, 0) is 4.79 Å². The third kappa shape index (κ3) is 4.58. The number of unbranched alkanes of at least 4 members (excludes halogenated alkanes) is 1. The van der Waals surface area contributed by atoms with Gasteiger partial charge in [-0.2, -0.15) is 0 Å². The molecule has 0 saturated heterocycles. The summed E-state index contributed by atoms with van der Waals surface area (Å²) in [5.41, 5.74) is -0.171. The highest BCUT2D eigenvalue weighted by Crippen LogP contribution is 2.28. The second kappa shape index (κ2) is 6.80. The predicted octanol–water partition coefficient (Wildman–Crippen LogP) is 2.88. The van der Waals surface area contributed by atoms with Gasteiger partial charge < -0.3 is 9.84 Å². The highest BCUT2D eigenvalue weighted by molar-refractivity contribution is 6.32. The standard InChI is InChI=1S/C11H12ClNO5/c12-9-7-8(4-5-10(9)13(16)17)18-6-2-1-3-11(14)15/h4-5,7H,1-3,6H2,(H,14,15). The molecule has 0 amide bonds. The van der Waals surface area contributed by atoms with Crippen LogP contribution in [0.3, 0.4) is 0 Å². The van der Waals surface area contributed by atoms with E-state index in [1.807, 2.05) is 0 Å². The molecule has 0 aromatic heterocycles. The number of hydrogen-bond donors (Lipinski definition) is 1. The van der Waals surface area contributed by atoms with Crippen molar-refractivity contribution in [2.75, 3.05) is 6.61 Å². The minimum Gasteiger partial charge on any atom is -0.494 e. The smallest absolute Gasteiger partial charge is 0.303 e. The van der Waals surface area contributed by atoms with E-state index < -0.39 is 10.9 Å². The van der Waals surface area contributed by atoms with E-state index in [0.29, 0.717) is 25.2 Å². The number of rotatable bonds is 7. The molecule has 1 rings (SSSR count). The summed E-state index contributed by atoms with van der Waals surface area (Å²) < 4.78 is 5.30. The maximum Gasteiger partial charge on any atom is 0.303 e. The predicted molar refractivity (Wildman–Crippen MR) is 65.1 cm³/mol. The zero-order valence-corrected chi connectivity index (χ0v) is 10.2. The lowest BCUT2D eigenvalue weighted by Gasteiger charge is -2.05. The maximum absolute atomic E-state index is 10.5. The fraction of sp³-hybridized carbons (Fsp3) is 0.364. The first-order valence-corrected chi connectivity index (χ1v) is 5.67. The first-order chi connectivity index (χ1) is 8.50. The highest BCUT2D eigenvalue weighted by Gasteiger charge is 2.12. The minimum atomic E-state index is -0.839. The molecule has 0 heterocycles. The summed E-state index contributed by atoms with van der Waals surface area (Å²) in [5.74, 6) is -0.408. The summed E-state index contributed by atoms with van der Waals surface area (Å²) in [6.07, 6.45) is 1.22. The van der Waals surface area contributed by atoms with Crippen LogP contribution in [0.5, 0.6) is 5.75 Å². The number of carboxylic acid groups (broad SMARTS) is 1. The molecule has 0 aliphatic carbocycles. The van der Waals surface area contributed by atoms with Gasteiger partial charge in [-0.15, -0.1) is 0 Å². The van der Waals surface area contributed by atoms with Crippen molar-refractivity contribution in [1.82, 2.24) is 0 Å². The van der Waals surface area contributed by atoms with Gasteiger partial charge in [0, 0.05) is 18.6 Å². The summed E-state index contributed by atoms with van der Waals surface area (Å²) in [6, 6.07) is 4.10. The Morgan fingerprint density at radius 3 is 2.72 bits per heavy atom. The Morgan fingerprint density at radius 2 is 2.17 bits per heavy atom. The molecule has 1 aromatic carbocycles. The summed E-state index contributed by atoms with van der Waals surface area (Å²) in [4.78, 5) is 20.2. The molecule has 18 heavy (non-hydrogen) atoms. The Hall–Kier alpha value is -1.82. The summed E-state index contributed by atoms with van der Waals surface area (Å²) in [5, 5.41) is 19.0. The van der Waals surface area contributed by atoms with Crippen LogP contribution in [-0.4, -0.2) is 22.6 Å². The van der Waals surface area contributed by atoms with Crippen molar-refractivity contribution < 1.29 is 19.6 Å². The first-order valence-electron chi connectivity index (χ1n) is 5.29. The van der Waals surface area contributed by atoms with E-state index in [1.54, 1.807) is 0 Å². The Morgan fingerprint density at radius 1 is 1.44 bits per heavy atom. The average molecular weight is 274 g/mol. The molecule has 6 nitrogen and oxygen atoms in total. The Kier molecular flexibility index (Phi) is 5.38. The van der Waals surface area contributed by atoms with Crippen LogP contribution in [0, 0.1) is 10.1 Å². The fourth-order valence-electron chi connectivity index (χ4n) is 1.29. The van der Waals surface area contributed by atoms with Gasteiger partial charge in [-0.1, -0.05) is 11.6 Å². The molecule has 0 radical (unpaired) electrons. The largest absolute Gasteiger partial charge is 0.494 e. The Bertz CT molecular complexity index is 449. The van der Waals surface area contributed by atoms with Gasteiger partial charge in [-0.05, 0) is 18.9 Å². The lowest BCUT2D eigenvalue weighted by Crippen LogP contribution is -2.00. The third-order valence-corrected chi connectivity index (χ3v) is 2.47. The van der Waals surface area contributed by atoms with E-state index in [2.05, 4.69) is 0 Å². The third-order valence-electron chi connectivity index (χ3n) is 2.17. The molecule has 0 aliphatic rings. The monoisotopic (exact) mass is 273 g/mol. The molecular formula is C11H12ClNO5. The number of halogens is 1. The van der Waals surface area contributed by atoms with Gasteiger partial charge >= 0.3 is 5.97 Å². The highest BCUT2D eigenvalue weighted by atomic mass is 35.5. The molecular weight excluding hydrogens is 262 g/mol.